The fraction of sp³-hybridized carbons (Fsp3) is 0.278. The molecular formula is C18H18BrN5O4S. The van der Waals surface area contributed by atoms with Crippen LogP contribution in [0.4, 0.5) is 5.82 Å². The number of methoxy groups -OCH3 is 2. The molecule has 1 N–H and O–H groups in total. The van der Waals surface area contributed by atoms with Crippen LogP contribution in [0.3, 0.4) is 0 Å². The second kappa shape index (κ2) is 9.70. The molecule has 0 bridgehead atoms. The van der Waals surface area contributed by atoms with Crippen molar-refractivity contribution in [2.24, 2.45) is 0 Å². The fourth-order valence-electron chi connectivity index (χ4n) is 2.38. The highest BCUT2D eigenvalue weighted by Gasteiger charge is 2.20. The van der Waals surface area contributed by atoms with Crippen LogP contribution in [0.2, 0.25) is 0 Å². The second-order valence-corrected chi connectivity index (χ2v) is 7.60. The number of hydrogen-bond acceptors (Lipinski definition) is 9. The predicted molar refractivity (Wildman–Crippen MR) is 112 cm³/mol. The van der Waals surface area contributed by atoms with Crippen LogP contribution < -0.4 is 14.8 Å². The molecule has 11 heteroatoms. The average Bonchev–Trinajstić information content (AvgIpc) is 3.20. The molecule has 2 heterocycles. The molecule has 3 rings (SSSR count). The third-order valence-electron chi connectivity index (χ3n) is 3.75. The molecule has 152 valence electrons. The number of nitrogens with one attached hydrogen (secondary N) is 1. The summed E-state index contributed by atoms with van der Waals surface area (Å²) in [5.41, 5.74) is 1.19. The number of benzene rings is 1. The predicted octanol–water partition coefficient (Wildman–Crippen LogP) is 4.06. The molecule has 1 aromatic carbocycles. The minimum absolute atomic E-state index is 0.162. The molecule has 0 radical (unpaired) electrons. The van der Waals surface area contributed by atoms with Crippen molar-refractivity contribution in [2.75, 3.05) is 25.3 Å². The number of carbonyl (C=O) groups is 1. The number of amides is 1. The molecular weight excluding hydrogens is 462 g/mol. The van der Waals surface area contributed by atoms with Crippen molar-refractivity contribution in [2.45, 2.75) is 18.5 Å². The molecule has 0 aliphatic heterocycles. The summed E-state index contributed by atoms with van der Waals surface area (Å²) in [4.78, 5) is 21.3. The zero-order valence-corrected chi connectivity index (χ0v) is 18.3. The molecule has 0 fully saturated rings. The standard InChI is InChI=1S/C18H18BrN5O4S/c1-4-7-29-18-20-9-11(19)15(21-18)17(25)22-16-14(23-28-24-16)10-5-6-12(26-2)13(8-10)27-3/h5-6,8-9H,4,7H2,1-3H3,(H,22,24,25). The number of aromatic nitrogens is 4. The SMILES string of the molecule is CCCSc1ncc(Br)c(C(=O)Nc2nonc2-c2ccc(OC)c(OC)c2)n1. The van der Waals surface area contributed by atoms with Gasteiger partial charge in [-0.2, -0.15) is 0 Å². The Morgan fingerprint density at radius 1 is 1.24 bits per heavy atom. The van der Waals surface area contributed by atoms with Gasteiger partial charge in [-0.1, -0.05) is 18.7 Å². The Kier molecular flexibility index (Phi) is 7.04. The van der Waals surface area contributed by atoms with Gasteiger partial charge in [0.2, 0.25) is 5.82 Å². The van der Waals surface area contributed by atoms with E-state index >= 15 is 0 Å². The Labute approximate surface area is 179 Å². The lowest BCUT2D eigenvalue weighted by molar-refractivity contribution is 0.101. The number of halogens is 1. The van der Waals surface area contributed by atoms with Crippen molar-refractivity contribution >= 4 is 39.4 Å². The minimum Gasteiger partial charge on any atom is -0.493 e. The zero-order valence-electron chi connectivity index (χ0n) is 15.9. The highest BCUT2D eigenvalue weighted by molar-refractivity contribution is 9.10. The van der Waals surface area contributed by atoms with E-state index in [1.807, 2.05) is 0 Å². The van der Waals surface area contributed by atoms with Gasteiger partial charge >= 0.3 is 0 Å². The topological polar surface area (TPSA) is 112 Å². The van der Waals surface area contributed by atoms with E-state index in [1.165, 1.54) is 18.9 Å². The van der Waals surface area contributed by atoms with Crippen LogP contribution in [0.15, 0.2) is 38.7 Å². The van der Waals surface area contributed by atoms with Gasteiger partial charge in [-0.3, -0.25) is 4.79 Å². The van der Waals surface area contributed by atoms with E-state index in [0.717, 1.165) is 12.2 Å². The molecule has 2 aromatic heterocycles. The lowest BCUT2D eigenvalue weighted by Crippen LogP contribution is -2.16. The maximum atomic E-state index is 12.8. The number of hydrogen-bond donors (Lipinski definition) is 1. The van der Waals surface area contributed by atoms with Gasteiger partial charge in [-0.25, -0.2) is 14.6 Å². The molecule has 0 saturated carbocycles. The molecule has 1 amide bonds. The summed E-state index contributed by atoms with van der Waals surface area (Å²) in [7, 11) is 3.08. The number of carbonyl (C=O) groups excluding carboxylic acids is 1. The van der Waals surface area contributed by atoms with Crippen LogP contribution >= 0.6 is 27.7 Å². The molecule has 9 nitrogen and oxygen atoms in total. The Bertz CT molecular complexity index is 1010. The van der Waals surface area contributed by atoms with E-state index in [0.29, 0.717) is 32.4 Å². The summed E-state index contributed by atoms with van der Waals surface area (Å²) < 4.78 is 15.9. The highest BCUT2D eigenvalue weighted by Crippen LogP contribution is 2.34. The zero-order chi connectivity index (χ0) is 20.8. The number of rotatable bonds is 8. The first kappa shape index (κ1) is 21.1. The maximum Gasteiger partial charge on any atom is 0.276 e. The van der Waals surface area contributed by atoms with Crippen LogP contribution in [0.1, 0.15) is 23.8 Å². The Morgan fingerprint density at radius 3 is 2.76 bits per heavy atom. The highest BCUT2D eigenvalue weighted by atomic mass is 79.9. The summed E-state index contributed by atoms with van der Waals surface area (Å²) in [5, 5.41) is 10.9. The van der Waals surface area contributed by atoms with Crippen LogP contribution in [0.25, 0.3) is 11.3 Å². The summed E-state index contributed by atoms with van der Waals surface area (Å²) in [6, 6.07) is 5.21. The van der Waals surface area contributed by atoms with E-state index in [-0.39, 0.29) is 11.5 Å². The lowest BCUT2D eigenvalue weighted by atomic mass is 10.1. The van der Waals surface area contributed by atoms with E-state index < -0.39 is 5.91 Å². The molecule has 0 atom stereocenters. The lowest BCUT2D eigenvalue weighted by Gasteiger charge is -2.09. The monoisotopic (exact) mass is 479 g/mol. The molecule has 0 saturated heterocycles. The van der Waals surface area contributed by atoms with Crippen LogP contribution in [0, 0.1) is 0 Å². The quantitative estimate of drug-likeness (QED) is 0.377. The first-order chi connectivity index (χ1) is 14.1. The van der Waals surface area contributed by atoms with E-state index in [1.54, 1.807) is 31.5 Å². The first-order valence-corrected chi connectivity index (χ1v) is 10.4. The molecule has 0 aliphatic carbocycles. The minimum atomic E-state index is -0.463. The van der Waals surface area contributed by atoms with Crippen molar-refractivity contribution in [1.82, 2.24) is 20.3 Å². The average molecular weight is 480 g/mol. The van der Waals surface area contributed by atoms with Gasteiger partial charge in [0.15, 0.2) is 22.3 Å². The molecule has 0 spiro atoms. The summed E-state index contributed by atoms with van der Waals surface area (Å²) in [6.07, 6.45) is 2.53. The van der Waals surface area contributed by atoms with E-state index in [4.69, 9.17) is 14.1 Å². The molecule has 3 aromatic rings. The Hall–Kier alpha value is -2.66. The number of nitrogens with zero attached hydrogens (tertiary/aromatic N) is 4. The van der Waals surface area contributed by atoms with Gasteiger partial charge in [-0.15, -0.1) is 0 Å². The van der Waals surface area contributed by atoms with Crippen molar-refractivity contribution in [3.05, 3.63) is 34.6 Å². The number of anilines is 1. The van der Waals surface area contributed by atoms with Crippen LogP contribution in [-0.2, 0) is 0 Å². The van der Waals surface area contributed by atoms with Gasteiger partial charge in [0.1, 0.15) is 5.69 Å². The van der Waals surface area contributed by atoms with E-state index in [2.05, 4.69) is 48.5 Å². The third kappa shape index (κ3) is 4.85. The number of ether oxygens (including phenoxy) is 2. The molecule has 0 aliphatic rings. The largest absolute Gasteiger partial charge is 0.493 e. The van der Waals surface area contributed by atoms with Crippen molar-refractivity contribution in [3.8, 4) is 22.8 Å². The van der Waals surface area contributed by atoms with Gasteiger partial charge in [0, 0.05) is 17.5 Å². The van der Waals surface area contributed by atoms with Gasteiger partial charge in [-0.05, 0) is 50.9 Å². The van der Waals surface area contributed by atoms with Gasteiger partial charge in [0.25, 0.3) is 5.91 Å². The van der Waals surface area contributed by atoms with Crippen molar-refractivity contribution in [1.29, 1.82) is 0 Å². The Morgan fingerprint density at radius 2 is 2.03 bits per heavy atom. The van der Waals surface area contributed by atoms with Gasteiger partial charge in [0.05, 0.1) is 18.7 Å². The summed E-state index contributed by atoms with van der Waals surface area (Å²) in [6.45, 7) is 2.06. The first-order valence-electron chi connectivity index (χ1n) is 8.59. The maximum absolute atomic E-state index is 12.8. The normalized spacial score (nSPS) is 10.6. The van der Waals surface area contributed by atoms with Crippen LogP contribution in [0.5, 0.6) is 11.5 Å². The van der Waals surface area contributed by atoms with E-state index in [9.17, 15) is 4.79 Å². The second-order valence-electron chi connectivity index (χ2n) is 5.68. The summed E-state index contributed by atoms with van der Waals surface area (Å²) in [5.74, 6) is 1.64. The molecule has 0 unspecified atom stereocenters. The summed E-state index contributed by atoms with van der Waals surface area (Å²) >= 11 is 4.80. The smallest absolute Gasteiger partial charge is 0.276 e. The fourth-order valence-corrected chi connectivity index (χ4v) is 3.42. The number of thioether (sulfide) groups is 1. The van der Waals surface area contributed by atoms with Crippen molar-refractivity contribution in [3.63, 3.8) is 0 Å². The van der Waals surface area contributed by atoms with Crippen molar-refractivity contribution < 1.29 is 18.9 Å². The Balaban J connectivity index is 1.86. The third-order valence-corrected chi connectivity index (χ3v) is 5.40. The molecule has 29 heavy (non-hydrogen) atoms. The van der Waals surface area contributed by atoms with Crippen LogP contribution in [-0.4, -0.2) is 46.2 Å². The van der Waals surface area contributed by atoms with Gasteiger partial charge < -0.3 is 14.8 Å².